The van der Waals surface area contributed by atoms with E-state index in [1.807, 2.05) is 13.0 Å². The first-order valence-corrected chi connectivity index (χ1v) is 6.21. The zero-order valence-electron chi connectivity index (χ0n) is 11.2. The molecule has 0 amide bonds. The smallest absolute Gasteiger partial charge is 0.123 e. The molecule has 0 aliphatic heterocycles. The van der Waals surface area contributed by atoms with Crippen LogP contribution in [0.15, 0.2) is 18.2 Å². The first-order chi connectivity index (χ1) is 7.99. The van der Waals surface area contributed by atoms with Crippen LogP contribution in [-0.4, -0.2) is 18.6 Å². The van der Waals surface area contributed by atoms with Crippen molar-refractivity contribution in [1.29, 1.82) is 0 Å². The lowest BCUT2D eigenvalue weighted by Crippen LogP contribution is -2.38. The maximum absolute atomic E-state index is 13.1. The van der Waals surface area contributed by atoms with Gasteiger partial charge in [-0.2, -0.15) is 0 Å². The van der Waals surface area contributed by atoms with Crippen LogP contribution < -0.4 is 10.6 Å². The Labute approximate surface area is 104 Å². The van der Waals surface area contributed by atoms with Crippen LogP contribution in [0.2, 0.25) is 0 Å². The molecule has 0 bridgehead atoms. The van der Waals surface area contributed by atoms with Crippen molar-refractivity contribution in [2.24, 2.45) is 0 Å². The van der Waals surface area contributed by atoms with Crippen molar-refractivity contribution >= 4 is 0 Å². The maximum atomic E-state index is 13.1. The van der Waals surface area contributed by atoms with E-state index in [1.165, 1.54) is 6.07 Å². The molecule has 3 heteroatoms. The zero-order valence-corrected chi connectivity index (χ0v) is 11.2. The standard InChI is InChI=1S/C14H23FN2/c1-10(2)16-8-12(4)17-9-13-7-14(15)6-5-11(13)3/h5-7,10,12,16-17H,8-9H2,1-4H3. The maximum Gasteiger partial charge on any atom is 0.123 e. The summed E-state index contributed by atoms with van der Waals surface area (Å²) in [5.74, 6) is -0.166. The fourth-order valence-corrected chi connectivity index (χ4v) is 1.60. The molecule has 1 aromatic rings. The second-order valence-corrected chi connectivity index (χ2v) is 4.92. The summed E-state index contributed by atoms with van der Waals surface area (Å²) in [4.78, 5) is 0. The number of rotatable bonds is 6. The summed E-state index contributed by atoms with van der Waals surface area (Å²) < 4.78 is 13.1. The van der Waals surface area contributed by atoms with Gasteiger partial charge in [0.25, 0.3) is 0 Å². The molecular weight excluding hydrogens is 215 g/mol. The van der Waals surface area contributed by atoms with Crippen LogP contribution in [0.1, 0.15) is 31.9 Å². The van der Waals surface area contributed by atoms with Crippen LogP contribution in [-0.2, 0) is 6.54 Å². The molecule has 96 valence electrons. The Morgan fingerprint density at radius 3 is 2.53 bits per heavy atom. The van der Waals surface area contributed by atoms with Crippen molar-refractivity contribution in [1.82, 2.24) is 10.6 Å². The number of nitrogens with one attached hydrogen (secondary N) is 2. The summed E-state index contributed by atoms with van der Waals surface area (Å²) in [5.41, 5.74) is 2.16. The quantitative estimate of drug-likeness (QED) is 0.796. The van der Waals surface area contributed by atoms with Crippen LogP contribution in [0.3, 0.4) is 0 Å². The van der Waals surface area contributed by atoms with Gasteiger partial charge in [-0.15, -0.1) is 0 Å². The summed E-state index contributed by atoms with van der Waals surface area (Å²) in [6, 6.07) is 5.80. The van der Waals surface area contributed by atoms with E-state index in [-0.39, 0.29) is 5.82 Å². The van der Waals surface area contributed by atoms with Gasteiger partial charge >= 0.3 is 0 Å². The van der Waals surface area contributed by atoms with Gasteiger partial charge in [-0.25, -0.2) is 4.39 Å². The van der Waals surface area contributed by atoms with Crippen molar-refractivity contribution in [3.8, 4) is 0 Å². The van der Waals surface area contributed by atoms with Gasteiger partial charge in [0, 0.05) is 25.2 Å². The molecule has 2 nitrogen and oxygen atoms in total. The second kappa shape index (κ2) is 6.72. The topological polar surface area (TPSA) is 24.1 Å². The third-order valence-corrected chi connectivity index (χ3v) is 2.78. The largest absolute Gasteiger partial charge is 0.313 e. The average Bonchev–Trinajstić information content (AvgIpc) is 2.27. The Morgan fingerprint density at radius 2 is 1.88 bits per heavy atom. The number of halogens is 1. The van der Waals surface area contributed by atoms with Gasteiger partial charge in [-0.1, -0.05) is 19.9 Å². The Morgan fingerprint density at radius 1 is 1.18 bits per heavy atom. The van der Waals surface area contributed by atoms with E-state index in [0.29, 0.717) is 18.6 Å². The lowest BCUT2D eigenvalue weighted by atomic mass is 10.1. The molecule has 0 aliphatic carbocycles. The van der Waals surface area contributed by atoms with E-state index in [0.717, 1.165) is 17.7 Å². The number of aryl methyl sites for hydroxylation is 1. The van der Waals surface area contributed by atoms with E-state index in [4.69, 9.17) is 0 Å². The van der Waals surface area contributed by atoms with Crippen LogP contribution in [0, 0.1) is 12.7 Å². The predicted octanol–water partition coefficient (Wildman–Crippen LogP) is 2.61. The molecule has 0 radical (unpaired) electrons. The minimum absolute atomic E-state index is 0.166. The average molecular weight is 238 g/mol. The molecule has 0 saturated heterocycles. The van der Waals surface area contributed by atoms with Gasteiger partial charge in [0.05, 0.1) is 0 Å². The predicted molar refractivity (Wildman–Crippen MR) is 70.6 cm³/mol. The van der Waals surface area contributed by atoms with Crippen LogP contribution >= 0.6 is 0 Å². The third kappa shape index (κ3) is 5.29. The van der Waals surface area contributed by atoms with Crippen molar-refractivity contribution < 1.29 is 4.39 Å². The molecule has 1 unspecified atom stereocenters. The van der Waals surface area contributed by atoms with Gasteiger partial charge < -0.3 is 10.6 Å². The molecular formula is C14H23FN2. The molecule has 1 rings (SSSR count). The van der Waals surface area contributed by atoms with Crippen molar-refractivity contribution in [3.63, 3.8) is 0 Å². The molecule has 1 aromatic carbocycles. The van der Waals surface area contributed by atoms with Crippen LogP contribution in [0.5, 0.6) is 0 Å². The highest BCUT2D eigenvalue weighted by Crippen LogP contribution is 2.09. The molecule has 17 heavy (non-hydrogen) atoms. The molecule has 0 aromatic heterocycles. The SMILES string of the molecule is Cc1ccc(F)cc1CNC(C)CNC(C)C. The highest BCUT2D eigenvalue weighted by Gasteiger charge is 2.04. The zero-order chi connectivity index (χ0) is 12.8. The Kier molecular flexibility index (Phi) is 5.59. The molecule has 0 heterocycles. The molecule has 0 spiro atoms. The van der Waals surface area contributed by atoms with Crippen LogP contribution in [0.4, 0.5) is 4.39 Å². The van der Waals surface area contributed by atoms with E-state index < -0.39 is 0 Å². The number of benzene rings is 1. The highest BCUT2D eigenvalue weighted by atomic mass is 19.1. The summed E-state index contributed by atoms with van der Waals surface area (Å²) in [7, 11) is 0. The lowest BCUT2D eigenvalue weighted by molar-refractivity contribution is 0.473. The Hall–Kier alpha value is -0.930. The van der Waals surface area contributed by atoms with E-state index in [2.05, 4.69) is 31.4 Å². The summed E-state index contributed by atoms with van der Waals surface area (Å²) in [6.07, 6.45) is 0. The summed E-state index contributed by atoms with van der Waals surface area (Å²) in [5, 5.41) is 6.76. The van der Waals surface area contributed by atoms with Crippen molar-refractivity contribution in [2.75, 3.05) is 6.54 Å². The molecule has 0 aliphatic rings. The molecule has 0 fully saturated rings. The summed E-state index contributed by atoms with van der Waals surface area (Å²) in [6.45, 7) is 10.0. The van der Waals surface area contributed by atoms with Gasteiger partial charge in [0.2, 0.25) is 0 Å². The third-order valence-electron chi connectivity index (χ3n) is 2.78. The molecule has 0 saturated carbocycles. The minimum Gasteiger partial charge on any atom is -0.313 e. The van der Waals surface area contributed by atoms with E-state index in [9.17, 15) is 4.39 Å². The Bertz CT molecular complexity index is 350. The first-order valence-electron chi connectivity index (χ1n) is 6.21. The molecule has 1 atom stereocenters. The fraction of sp³-hybridized carbons (Fsp3) is 0.571. The minimum atomic E-state index is -0.166. The Balaban J connectivity index is 2.41. The van der Waals surface area contributed by atoms with Gasteiger partial charge in [0.1, 0.15) is 5.82 Å². The molecule has 2 N–H and O–H groups in total. The monoisotopic (exact) mass is 238 g/mol. The van der Waals surface area contributed by atoms with Crippen molar-refractivity contribution in [2.45, 2.75) is 46.3 Å². The highest BCUT2D eigenvalue weighted by molar-refractivity contribution is 5.26. The van der Waals surface area contributed by atoms with Crippen LogP contribution in [0.25, 0.3) is 0 Å². The second-order valence-electron chi connectivity index (χ2n) is 4.92. The number of hydrogen-bond acceptors (Lipinski definition) is 2. The van der Waals surface area contributed by atoms with Gasteiger partial charge in [-0.05, 0) is 37.1 Å². The van der Waals surface area contributed by atoms with Gasteiger partial charge in [-0.3, -0.25) is 0 Å². The number of hydrogen-bond donors (Lipinski definition) is 2. The van der Waals surface area contributed by atoms with E-state index in [1.54, 1.807) is 6.07 Å². The first kappa shape index (κ1) is 14.1. The summed E-state index contributed by atoms with van der Waals surface area (Å²) >= 11 is 0. The van der Waals surface area contributed by atoms with Crippen molar-refractivity contribution in [3.05, 3.63) is 35.1 Å². The van der Waals surface area contributed by atoms with E-state index >= 15 is 0 Å². The lowest BCUT2D eigenvalue weighted by Gasteiger charge is -2.17. The van der Waals surface area contributed by atoms with Gasteiger partial charge in [0.15, 0.2) is 0 Å². The fourth-order valence-electron chi connectivity index (χ4n) is 1.60. The normalized spacial score (nSPS) is 13.1.